The summed E-state index contributed by atoms with van der Waals surface area (Å²) in [5.41, 5.74) is 4.08. The first-order valence-corrected chi connectivity index (χ1v) is 6.07. The second kappa shape index (κ2) is 5.15. The second-order valence-electron chi connectivity index (χ2n) is 4.64. The van der Waals surface area contributed by atoms with Crippen molar-refractivity contribution >= 4 is 17.9 Å². The smallest absolute Gasteiger partial charge is 0.368 e. The van der Waals surface area contributed by atoms with Gasteiger partial charge in [-0.2, -0.15) is 13.2 Å². The molecule has 7 heteroatoms. The van der Waals surface area contributed by atoms with Crippen LogP contribution in [0.1, 0.15) is 28.8 Å². The number of anilines is 1. The van der Waals surface area contributed by atoms with Gasteiger partial charge in [0.25, 0.3) is 0 Å². The molecule has 0 radical (unpaired) electrons. The van der Waals surface area contributed by atoms with Gasteiger partial charge in [0.05, 0.1) is 5.56 Å². The number of benzene rings is 1. The third-order valence-corrected chi connectivity index (χ3v) is 3.38. The minimum Gasteiger partial charge on any atom is -0.368 e. The van der Waals surface area contributed by atoms with E-state index in [4.69, 9.17) is 5.73 Å². The molecule has 1 aromatic carbocycles. The van der Waals surface area contributed by atoms with Gasteiger partial charge in [0.1, 0.15) is 6.04 Å². The number of hydrogen-bond donors (Lipinski definition) is 1. The Kier molecular flexibility index (Phi) is 3.69. The van der Waals surface area contributed by atoms with Crippen LogP contribution >= 0.6 is 0 Å². The van der Waals surface area contributed by atoms with Gasteiger partial charge in [-0.3, -0.25) is 9.59 Å². The average molecular weight is 286 g/mol. The monoisotopic (exact) mass is 286 g/mol. The van der Waals surface area contributed by atoms with Crippen LogP contribution in [-0.2, 0) is 11.0 Å². The molecule has 0 aliphatic carbocycles. The standard InChI is InChI=1S/C13H13F3N2O2/c14-13(15,16)10-6-9(4-3-8(10)7-19)18-5-1-2-11(18)12(17)20/h3-4,6-7,11H,1-2,5H2,(H2,17,20). The number of carbonyl (C=O) groups excluding carboxylic acids is 2. The van der Waals surface area contributed by atoms with Crippen molar-refractivity contribution in [2.45, 2.75) is 25.1 Å². The molecule has 1 heterocycles. The third kappa shape index (κ3) is 2.61. The zero-order valence-electron chi connectivity index (χ0n) is 10.5. The van der Waals surface area contributed by atoms with E-state index >= 15 is 0 Å². The summed E-state index contributed by atoms with van der Waals surface area (Å²) in [7, 11) is 0. The van der Waals surface area contributed by atoms with Crippen molar-refractivity contribution in [1.29, 1.82) is 0 Å². The zero-order chi connectivity index (χ0) is 14.9. The first-order valence-electron chi connectivity index (χ1n) is 6.07. The number of amides is 1. The minimum atomic E-state index is -4.62. The quantitative estimate of drug-likeness (QED) is 0.864. The zero-order valence-corrected chi connectivity index (χ0v) is 10.5. The maximum absolute atomic E-state index is 12.9. The highest BCUT2D eigenvalue weighted by atomic mass is 19.4. The highest BCUT2D eigenvalue weighted by Crippen LogP contribution is 2.35. The van der Waals surface area contributed by atoms with Crippen LogP contribution in [0, 0.1) is 0 Å². The number of aldehydes is 1. The van der Waals surface area contributed by atoms with Crippen LogP contribution in [0.15, 0.2) is 18.2 Å². The summed E-state index contributed by atoms with van der Waals surface area (Å²) < 4.78 is 38.7. The number of primary amides is 1. The molecule has 1 fully saturated rings. The van der Waals surface area contributed by atoms with Crippen molar-refractivity contribution in [3.63, 3.8) is 0 Å². The molecule has 1 atom stereocenters. The number of alkyl halides is 3. The molecule has 2 N–H and O–H groups in total. The number of carbonyl (C=O) groups is 2. The number of nitrogens with two attached hydrogens (primary N) is 1. The van der Waals surface area contributed by atoms with Crippen LogP contribution in [0.2, 0.25) is 0 Å². The van der Waals surface area contributed by atoms with E-state index in [0.29, 0.717) is 19.4 Å². The van der Waals surface area contributed by atoms with Gasteiger partial charge in [0, 0.05) is 17.8 Å². The molecule has 4 nitrogen and oxygen atoms in total. The highest BCUT2D eigenvalue weighted by Gasteiger charge is 2.35. The van der Waals surface area contributed by atoms with E-state index in [-0.39, 0.29) is 12.0 Å². The molecule has 1 amide bonds. The first-order chi connectivity index (χ1) is 9.34. The Bertz CT molecular complexity index is 543. The van der Waals surface area contributed by atoms with Gasteiger partial charge in [0.2, 0.25) is 5.91 Å². The van der Waals surface area contributed by atoms with Crippen molar-refractivity contribution in [2.75, 3.05) is 11.4 Å². The van der Waals surface area contributed by atoms with Gasteiger partial charge < -0.3 is 10.6 Å². The molecule has 1 aliphatic rings. The van der Waals surface area contributed by atoms with Crippen LogP contribution in [0.5, 0.6) is 0 Å². The highest BCUT2D eigenvalue weighted by molar-refractivity contribution is 5.85. The molecule has 0 aromatic heterocycles. The Morgan fingerprint density at radius 1 is 1.40 bits per heavy atom. The first kappa shape index (κ1) is 14.4. The predicted molar refractivity (Wildman–Crippen MR) is 66.4 cm³/mol. The van der Waals surface area contributed by atoms with Crippen molar-refractivity contribution in [3.8, 4) is 0 Å². The van der Waals surface area contributed by atoms with E-state index in [0.717, 1.165) is 12.1 Å². The lowest BCUT2D eigenvalue weighted by Gasteiger charge is -2.25. The van der Waals surface area contributed by atoms with Crippen molar-refractivity contribution in [3.05, 3.63) is 29.3 Å². The van der Waals surface area contributed by atoms with Crippen LogP contribution in [0.25, 0.3) is 0 Å². The van der Waals surface area contributed by atoms with E-state index in [1.54, 1.807) is 4.90 Å². The molecule has 108 valence electrons. The van der Waals surface area contributed by atoms with E-state index in [9.17, 15) is 22.8 Å². The maximum atomic E-state index is 12.9. The van der Waals surface area contributed by atoms with E-state index in [2.05, 4.69) is 0 Å². The van der Waals surface area contributed by atoms with Gasteiger partial charge in [-0.1, -0.05) is 0 Å². The Morgan fingerprint density at radius 3 is 2.65 bits per heavy atom. The Balaban J connectivity index is 2.43. The van der Waals surface area contributed by atoms with E-state index < -0.39 is 29.3 Å². The normalized spacial score (nSPS) is 19.1. The molecular weight excluding hydrogens is 273 g/mol. The fourth-order valence-corrected chi connectivity index (χ4v) is 2.44. The second-order valence-corrected chi connectivity index (χ2v) is 4.64. The van der Waals surface area contributed by atoms with Gasteiger partial charge in [-0.15, -0.1) is 0 Å². The number of nitrogens with zero attached hydrogens (tertiary/aromatic N) is 1. The van der Waals surface area contributed by atoms with Gasteiger partial charge in [-0.05, 0) is 31.0 Å². The van der Waals surface area contributed by atoms with Crippen molar-refractivity contribution in [1.82, 2.24) is 0 Å². The number of halogens is 3. The summed E-state index contributed by atoms with van der Waals surface area (Å²) in [6.07, 6.45) is -3.24. The molecule has 0 saturated carbocycles. The number of rotatable bonds is 3. The fourth-order valence-electron chi connectivity index (χ4n) is 2.44. The van der Waals surface area contributed by atoms with Gasteiger partial charge in [0.15, 0.2) is 6.29 Å². The molecule has 20 heavy (non-hydrogen) atoms. The topological polar surface area (TPSA) is 63.4 Å². The lowest BCUT2D eigenvalue weighted by atomic mass is 10.1. The van der Waals surface area contributed by atoms with Crippen molar-refractivity contribution in [2.24, 2.45) is 5.73 Å². The summed E-state index contributed by atoms with van der Waals surface area (Å²) in [5, 5.41) is 0. The van der Waals surface area contributed by atoms with Gasteiger partial charge in [-0.25, -0.2) is 0 Å². The average Bonchev–Trinajstić information content (AvgIpc) is 2.86. The summed E-state index contributed by atoms with van der Waals surface area (Å²) in [6.45, 7) is 0.464. The summed E-state index contributed by atoms with van der Waals surface area (Å²) in [5.74, 6) is -0.560. The van der Waals surface area contributed by atoms with Crippen LogP contribution in [0.3, 0.4) is 0 Å². The largest absolute Gasteiger partial charge is 0.417 e. The van der Waals surface area contributed by atoms with Gasteiger partial charge >= 0.3 is 6.18 Å². The predicted octanol–water partition coefficient (Wildman–Crippen LogP) is 1.97. The molecule has 1 aromatic rings. The molecule has 0 bridgehead atoms. The maximum Gasteiger partial charge on any atom is 0.417 e. The molecule has 0 spiro atoms. The van der Waals surface area contributed by atoms with Crippen LogP contribution in [0.4, 0.5) is 18.9 Å². The Morgan fingerprint density at radius 2 is 2.10 bits per heavy atom. The van der Waals surface area contributed by atoms with Crippen LogP contribution in [-0.4, -0.2) is 24.8 Å². The fraction of sp³-hybridized carbons (Fsp3) is 0.385. The summed E-state index contributed by atoms with van der Waals surface area (Å²) in [4.78, 5) is 23.5. The summed E-state index contributed by atoms with van der Waals surface area (Å²) >= 11 is 0. The molecule has 2 rings (SSSR count). The van der Waals surface area contributed by atoms with E-state index in [1.807, 2.05) is 0 Å². The third-order valence-electron chi connectivity index (χ3n) is 3.38. The molecular formula is C13H13F3N2O2. The van der Waals surface area contributed by atoms with Crippen molar-refractivity contribution < 1.29 is 22.8 Å². The minimum absolute atomic E-state index is 0.169. The number of hydrogen-bond acceptors (Lipinski definition) is 3. The van der Waals surface area contributed by atoms with Crippen LogP contribution < -0.4 is 10.6 Å². The van der Waals surface area contributed by atoms with E-state index in [1.165, 1.54) is 6.07 Å². The Labute approximate surface area is 113 Å². The SMILES string of the molecule is NC(=O)C1CCCN1c1ccc(C=O)c(C(F)(F)F)c1. The molecule has 1 saturated heterocycles. The molecule has 1 aliphatic heterocycles. The lowest BCUT2D eigenvalue weighted by molar-refractivity contribution is -0.137. The Hall–Kier alpha value is -2.05. The lowest BCUT2D eigenvalue weighted by Crippen LogP contribution is -2.40. The summed E-state index contributed by atoms with van der Waals surface area (Å²) in [6, 6.07) is 2.81. The molecule has 1 unspecified atom stereocenters.